The summed E-state index contributed by atoms with van der Waals surface area (Å²) in [5.41, 5.74) is 2.25. The second-order valence-corrected chi connectivity index (χ2v) is 7.39. The molecular weight excluding hydrogens is 352 g/mol. The predicted molar refractivity (Wildman–Crippen MR) is 110 cm³/mol. The minimum atomic E-state index is -0.138. The molecule has 0 radical (unpaired) electrons. The van der Waals surface area contributed by atoms with Crippen molar-refractivity contribution in [1.82, 2.24) is 10.2 Å². The van der Waals surface area contributed by atoms with E-state index in [1.807, 2.05) is 29.2 Å². The van der Waals surface area contributed by atoms with E-state index in [0.29, 0.717) is 30.0 Å². The van der Waals surface area contributed by atoms with Crippen LogP contribution in [0.25, 0.3) is 0 Å². The Labute approximate surface area is 166 Å². The van der Waals surface area contributed by atoms with E-state index in [4.69, 9.17) is 4.74 Å². The monoisotopic (exact) mass is 380 g/mol. The van der Waals surface area contributed by atoms with Gasteiger partial charge in [0.2, 0.25) is 0 Å². The molecule has 1 N–H and O–H groups in total. The van der Waals surface area contributed by atoms with Gasteiger partial charge in [-0.2, -0.15) is 0 Å². The number of ether oxygens (including phenoxy) is 1. The number of amides is 2. The molecule has 148 valence electrons. The molecule has 1 unspecified atom stereocenters. The molecule has 0 saturated carbocycles. The molecule has 5 heteroatoms. The van der Waals surface area contributed by atoms with Crippen LogP contribution in [0.15, 0.2) is 48.5 Å². The second kappa shape index (κ2) is 9.40. The Balaban J connectivity index is 1.54. The van der Waals surface area contributed by atoms with Gasteiger partial charge in [-0.3, -0.25) is 9.59 Å². The van der Waals surface area contributed by atoms with Crippen LogP contribution in [-0.2, 0) is 6.42 Å². The van der Waals surface area contributed by atoms with Crippen LogP contribution < -0.4 is 10.1 Å². The maximum Gasteiger partial charge on any atom is 0.253 e. The van der Waals surface area contributed by atoms with Crippen LogP contribution in [0.5, 0.6) is 5.75 Å². The Morgan fingerprint density at radius 3 is 2.54 bits per heavy atom. The number of methoxy groups -OCH3 is 1. The minimum Gasteiger partial charge on any atom is -0.496 e. The van der Waals surface area contributed by atoms with Crippen molar-refractivity contribution in [1.29, 1.82) is 0 Å². The van der Waals surface area contributed by atoms with E-state index < -0.39 is 0 Å². The molecule has 1 aliphatic rings. The highest BCUT2D eigenvalue weighted by atomic mass is 16.5. The lowest BCUT2D eigenvalue weighted by molar-refractivity contribution is 0.0682. The maximum atomic E-state index is 12.6. The van der Waals surface area contributed by atoms with Gasteiger partial charge in [-0.15, -0.1) is 0 Å². The third-order valence-electron chi connectivity index (χ3n) is 5.21. The SMILES string of the molecule is COc1ccccc1CCNC(=O)c1ccc(C(=O)N2CCCC(C)C2)cc1. The average molecular weight is 380 g/mol. The number of benzene rings is 2. The van der Waals surface area contributed by atoms with Gasteiger partial charge in [0.25, 0.3) is 11.8 Å². The predicted octanol–water partition coefficient (Wildman–Crippen LogP) is 3.54. The fourth-order valence-corrected chi connectivity index (χ4v) is 3.64. The zero-order valence-corrected chi connectivity index (χ0v) is 16.6. The lowest BCUT2D eigenvalue weighted by Gasteiger charge is -2.31. The summed E-state index contributed by atoms with van der Waals surface area (Å²) in [6, 6.07) is 14.7. The first-order valence-electron chi connectivity index (χ1n) is 9.88. The van der Waals surface area contributed by atoms with Crippen molar-refractivity contribution < 1.29 is 14.3 Å². The molecule has 0 bridgehead atoms. The molecule has 1 aliphatic heterocycles. The first-order chi connectivity index (χ1) is 13.6. The fraction of sp³-hybridized carbons (Fsp3) is 0.391. The highest BCUT2D eigenvalue weighted by molar-refractivity contribution is 5.97. The quantitative estimate of drug-likeness (QED) is 0.834. The molecule has 1 atom stereocenters. The zero-order valence-electron chi connectivity index (χ0n) is 16.6. The lowest BCUT2D eigenvalue weighted by Crippen LogP contribution is -2.39. The Hall–Kier alpha value is -2.82. The van der Waals surface area contributed by atoms with Crippen LogP contribution >= 0.6 is 0 Å². The van der Waals surface area contributed by atoms with Gasteiger partial charge in [-0.1, -0.05) is 25.1 Å². The smallest absolute Gasteiger partial charge is 0.253 e. The number of carbonyl (C=O) groups is 2. The van der Waals surface area contributed by atoms with Gasteiger partial charge in [0.05, 0.1) is 7.11 Å². The molecule has 1 heterocycles. The molecule has 2 amide bonds. The minimum absolute atomic E-state index is 0.0506. The number of rotatable bonds is 6. The van der Waals surface area contributed by atoms with Gasteiger partial charge >= 0.3 is 0 Å². The molecule has 0 aliphatic carbocycles. The number of hydrogen-bond donors (Lipinski definition) is 1. The van der Waals surface area contributed by atoms with Crippen LogP contribution in [0, 0.1) is 5.92 Å². The van der Waals surface area contributed by atoms with Crippen molar-refractivity contribution in [3.63, 3.8) is 0 Å². The van der Waals surface area contributed by atoms with Crippen molar-refractivity contribution in [2.75, 3.05) is 26.7 Å². The Morgan fingerprint density at radius 1 is 1.11 bits per heavy atom. The van der Waals surface area contributed by atoms with Crippen molar-refractivity contribution in [2.24, 2.45) is 5.92 Å². The summed E-state index contributed by atoms with van der Waals surface area (Å²) in [5, 5.41) is 2.93. The summed E-state index contributed by atoms with van der Waals surface area (Å²) in [7, 11) is 1.64. The van der Waals surface area contributed by atoms with Crippen LogP contribution in [0.1, 0.15) is 46.0 Å². The standard InChI is InChI=1S/C23H28N2O3/c1-17-6-5-15-25(16-17)23(27)20-11-9-19(10-12-20)22(26)24-14-13-18-7-3-4-8-21(18)28-2/h3-4,7-12,17H,5-6,13-16H2,1-2H3,(H,24,26). The average Bonchev–Trinajstić information content (AvgIpc) is 2.73. The first kappa shape index (κ1) is 19.9. The third-order valence-corrected chi connectivity index (χ3v) is 5.21. The van der Waals surface area contributed by atoms with Gasteiger partial charge in [-0.25, -0.2) is 0 Å². The summed E-state index contributed by atoms with van der Waals surface area (Å²) in [6.07, 6.45) is 2.93. The van der Waals surface area contributed by atoms with Gasteiger partial charge in [0.15, 0.2) is 0 Å². The van der Waals surface area contributed by atoms with Gasteiger partial charge in [0, 0.05) is 30.8 Å². The van der Waals surface area contributed by atoms with Crippen LogP contribution in [0.2, 0.25) is 0 Å². The Kier molecular flexibility index (Phi) is 6.69. The number of para-hydroxylation sites is 1. The van der Waals surface area contributed by atoms with E-state index in [0.717, 1.165) is 30.8 Å². The van der Waals surface area contributed by atoms with Crippen LogP contribution in [-0.4, -0.2) is 43.5 Å². The normalized spacial score (nSPS) is 16.5. The molecular formula is C23H28N2O3. The van der Waals surface area contributed by atoms with Crippen LogP contribution in [0.4, 0.5) is 0 Å². The van der Waals surface area contributed by atoms with Crippen molar-refractivity contribution in [2.45, 2.75) is 26.2 Å². The maximum absolute atomic E-state index is 12.6. The summed E-state index contributed by atoms with van der Waals surface area (Å²) in [6.45, 7) is 4.32. The summed E-state index contributed by atoms with van der Waals surface area (Å²) in [4.78, 5) is 26.9. The number of piperidine rings is 1. The van der Waals surface area contributed by atoms with E-state index >= 15 is 0 Å². The number of likely N-dealkylation sites (tertiary alicyclic amines) is 1. The van der Waals surface area contributed by atoms with E-state index in [1.165, 1.54) is 6.42 Å². The number of hydrogen-bond acceptors (Lipinski definition) is 3. The van der Waals surface area contributed by atoms with Crippen molar-refractivity contribution in [3.05, 3.63) is 65.2 Å². The van der Waals surface area contributed by atoms with E-state index in [-0.39, 0.29) is 11.8 Å². The molecule has 1 saturated heterocycles. The molecule has 2 aromatic carbocycles. The molecule has 5 nitrogen and oxygen atoms in total. The second-order valence-electron chi connectivity index (χ2n) is 7.39. The van der Waals surface area contributed by atoms with E-state index in [2.05, 4.69) is 12.2 Å². The fourth-order valence-electron chi connectivity index (χ4n) is 3.64. The first-order valence-corrected chi connectivity index (χ1v) is 9.88. The summed E-state index contributed by atoms with van der Waals surface area (Å²) >= 11 is 0. The largest absolute Gasteiger partial charge is 0.496 e. The number of nitrogens with zero attached hydrogens (tertiary/aromatic N) is 1. The highest BCUT2D eigenvalue weighted by Crippen LogP contribution is 2.19. The topological polar surface area (TPSA) is 58.6 Å². The number of carbonyl (C=O) groups excluding carboxylic acids is 2. The number of nitrogens with one attached hydrogen (secondary N) is 1. The zero-order chi connectivity index (χ0) is 19.9. The molecule has 2 aromatic rings. The van der Waals surface area contributed by atoms with Gasteiger partial charge in [0.1, 0.15) is 5.75 Å². The van der Waals surface area contributed by atoms with E-state index in [9.17, 15) is 9.59 Å². The molecule has 0 spiro atoms. The lowest BCUT2D eigenvalue weighted by atomic mass is 9.99. The van der Waals surface area contributed by atoms with Crippen LogP contribution in [0.3, 0.4) is 0 Å². The summed E-state index contributed by atoms with van der Waals surface area (Å²) < 4.78 is 5.33. The van der Waals surface area contributed by atoms with Gasteiger partial charge < -0.3 is 15.0 Å². The molecule has 3 rings (SSSR count). The third kappa shape index (κ3) is 4.91. The molecule has 1 fully saturated rings. The highest BCUT2D eigenvalue weighted by Gasteiger charge is 2.22. The molecule has 28 heavy (non-hydrogen) atoms. The Morgan fingerprint density at radius 2 is 1.82 bits per heavy atom. The molecule has 0 aromatic heterocycles. The Bertz CT molecular complexity index is 817. The summed E-state index contributed by atoms with van der Waals surface area (Å²) in [5.74, 6) is 1.29. The van der Waals surface area contributed by atoms with E-state index in [1.54, 1.807) is 31.4 Å². The van der Waals surface area contributed by atoms with Crippen molar-refractivity contribution >= 4 is 11.8 Å². The van der Waals surface area contributed by atoms with Crippen molar-refractivity contribution in [3.8, 4) is 5.75 Å². The van der Waals surface area contributed by atoms with Gasteiger partial charge in [-0.05, 0) is 61.1 Å².